The number of likely N-dealkylation sites (tertiary alicyclic amines) is 1. The van der Waals surface area contributed by atoms with Gasteiger partial charge in [-0.25, -0.2) is 4.79 Å². The van der Waals surface area contributed by atoms with Crippen molar-refractivity contribution in [3.05, 3.63) is 34.2 Å². The fraction of sp³-hybridized carbons (Fsp3) is 0.500. The van der Waals surface area contributed by atoms with Gasteiger partial charge in [0.2, 0.25) is 11.8 Å². The molecular formula is C18H22N4O3. The van der Waals surface area contributed by atoms with Crippen LogP contribution in [-0.2, 0) is 16.1 Å². The summed E-state index contributed by atoms with van der Waals surface area (Å²) in [5.41, 5.74) is 2.13. The summed E-state index contributed by atoms with van der Waals surface area (Å²) in [6, 6.07) is 5.86. The molecule has 7 nitrogen and oxygen atoms in total. The number of benzene rings is 1. The Labute approximate surface area is 144 Å². The number of H-pyrrole nitrogens is 2. The molecule has 0 spiro atoms. The molecule has 2 amide bonds. The molecule has 3 N–H and O–H groups in total. The van der Waals surface area contributed by atoms with E-state index in [-0.39, 0.29) is 23.4 Å². The molecule has 1 saturated carbocycles. The second-order valence-corrected chi connectivity index (χ2v) is 7.06. The molecule has 2 heterocycles. The third kappa shape index (κ3) is 3.18. The lowest BCUT2D eigenvalue weighted by Crippen LogP contribution is -2.36. The van der Waals surface area contributed by atoms with Crippen molar-refractivity contribution in [1.29, 1.82) is 0 Å². The third-order valence-corrected chi connectivity index (χ3v) is 5.34. The lowest BCUT2D eigenvalue weighted by Gasteiger charge is -2.23. The summed E-state index contributed by atoms with van der Waals surface area (Å²) in [6.45, 7) is 0.926. The normalized spacial score (nSPS) is 21.4. The van der Waals surface area contributed by atoms with E-state index < -0.39 is 0 Å². The molecule has 1 aliphatic heterocycles. The van der Waals surface area contributed by atoms with Gasteiger partial charge in [-0.3, -0.25) is 9.59 Å². The number of imidazole rings is 1. The summed E-state index contributed by atoms with van der Waals surface area (Å²) >= 11 is 0. The Bertz CT molecular complexity index is 863. The second-order valence-electron chi connectivity index (χ2n) is 7.06. The van der Waals surface area contributed by atoms with E-state index in [0.29, 0.717) is 25.6 Å². The summed E-state index contributed by atoms with van der Waals surface area (Å²) in [4.78, 5) is 43.2. The molecule has 4 rings (SSSR count). The number of carbonyl (C=O) groups excluding carboxylic acids is 2. The largest absolute Gasteiger partial charge is 0.352 e. The number of nitrogens with zero attached hydrogens (tertiary/aromatic N) is 1. The van der Waals surface area contributed by atoms with Crippen molar-refractivity contribution in [1.82, 2.24) is 20.2 Å². The lowest BCUT2D eigenvalue weighted by molar-refractivity contribution is -0.130. The smallest absolute Gasteiger partial charge is 0.323 e. The van der Waals surface area contributed by atoms with Gasteiger partial charge in [-0.05, 0) is 30.5 Å². The van der Waals surface area contributed by atoms with Crippen molar-refractivity contribution in [2.45, 2.75) is 44.7 Å². The van der Waals surface area contributed by atoms with Crippen LogP contribution in [-0.4, -0.2) is 39.3 Å². The Morgan fingerprint density at radius 2 is 1.92 bits per heavy atom. The summed E-state index contributed by atoms with van der Waals surface area (Å²) in [6.07, 6.45) is 4.79. The molecule has 1 aliphatic carbocycles. The predicted octanol–water partition coefficient (Wildman–Crippen LogP) is 1.26. The molecule has 0 bridgehead atoms. The van der Waals surface area contributed by atoms with E-state index in [1.54, 1.807) is 0 Å². The topological polar surface area (TPSA) is 98.1 Å². The van der Waals surface area contributed by atoms with Crippen LogP contribution in [0.3, 0.4) is 0 Å². The maximum absolute atomic E-state index is 12.4. The quantitative estimate of drug-likeness (QED) is 0.780. The first kappa shape index (κ1) is 15.9. The molecule has 25 heavy (non-hydrogen) atoms. The van der Waals surface area contributed by atoms with Crippen molar-refractivity contribution >= 4 is 22.8 Å². The van der Waals surface area contributed by atoms with Gasteiger partial charge in [0.1, 0.15) is 0 Å². The van der Waals surface area contributed by atoms with Crippen LogP contribution in [0.4, 0.5) is 0 Å². The first-order chi connectivity index (χ1) is 12.1. The Balaban J connectivity index is 1.36. The van der Waals surface area contributed by atoms with Gasteiger partial charge in [-0.15, -0.1) is 0 Å². The summed E-state index contributed by atoms with van der Waals surface area (Å²) < 4.78 is 0. The minimum atomic E-state index is -0.260. The minimum Gasteiger partial charge on any atom is -0.352 e. The summed E-state index contributed by atoms with van der Waals surface area (Å²) in [5.74, 6) is -0.223. The van der Waals surface area contributed by atoms with Gasteiger partial charge in [0.05, 0.1) is 17.0 Å². The van der Waals surface area contributed by atoms with Crippen molar-refractivity contribution in [3.63, 3.8) is 0 Å². The highest BCUT2D eigenvalue weighted by atomic mass is 16.2. The Morgan fingerprint density at radius 3 is 2.72 bits per heavy atom. The number of amides is 2. The van der Waals surface area contributed by atoms with E-state index in [9.17, 15) is 14.4 Å². The Hall–Kier alpha value is -2.57. The molecule has 2 aromatic rings. The van der Waals surface area contributed by atoms with Gasteiger partial charge in [-0.1, -0.05) is 18.9 Å². The van der Waals surface area contributed by atoms with E-state index in [2.05, 4.69) is 15.3 Å². The van der Waals surface area contributed by atoms with Gasteiger partial charge in [0.15, 0.2) is 0 Å². The summed E-state index contributed by atoms with van der Waals surface area (Å²) in [5, 5.41) is 2.92. The highest BCUT2D eigenvalue weighted by Gasteiger charge is 2.38. The first-order valence-electron chi connectivity index (χ1n) is 8.88. The number of nitrogens with one attached hydrogen (secondary N) is 3. The van der Waals surface area contributed by atoms with E-state index in [1.807, 2.05) is 23.1 Å². The van der Waals surface area contributed by atoms with Crippen LogP contribution in [0.15, 0.2) is 23.0 Å². The zero-order valence-electron chi connectivity index (χ0n) is 14.0. The highest BCUT2D eigenvalue weighted by Crippen LogP contribution is 2.29. The van der Waals surface area contributed by atoms with Crippen LogP contribution >= 0.6 is 0 Å². The van der Waals surface area contributed by atoms with Crippen LogP contribution in [0, 0.1) is 5.92 Å². The van der Waals surface area contributed by atoms with Gasteiger partial charge < -0.3 is 20.2 Å². The molecule has 0 radical (unpaired) electrons. The zero-order valence-corrected chi connectivity index (χ0v) is 14.0. The van der Waals surface area contributed by atoms with Crippen LogP contribution in [0.5, 0.6) is 0 Å². The molecule has 1 atom stereocenters. The number of hydrogen-bond acceptors (Lipinski definition) is 3. The summed E-state index contributed by atoms with van der Waals surface area (Å²) in [7, 11) is 0. The first-order valence-corrected chi connectivity index (χ1v) is 8.88. The average molecular weight is 342 g/mol. The number of aromatic nitrogens is 2. The third-order valence-electron chi connectivity index (χ3n) is 5.34. The van der Waals surface area contributed by atoms with E-state index in [1.165, 1.54) is 12.8 Å². The number of carbonyl (C=O) groups is 2. The monoisotopic (exact) mass is 342 g/mol. The van der Waals surface area contributed by atoms with Crippen LogP contribution in [0.2, 0.25) is 0 Å². The fourth-order valence-corrected chi connectivity index (χ4v) is 4.00. The lowest BCUT2D eigenvalue weighted by atomic mass is 10.1. The second kappa shape index (κ2) is 6.38. The van der Waals surface area contributed by atoms with Gasteiger partial charge in [-0.2, -0.15) is 0 Å². The van der Waals surface area contributed by atoms with E-state index in [0.717, 1.165) is 29.4 Å². The number of hydrogen-bond donors (Lipinski definition) is 3. The highest BCUT2D eigenvalue weighted by molar-refractivity contribution is 5.89. The maximum Gasteiger partial charge on any atom is 0.323 e. The molecular weight excluding hydrogens is 320 g/mol. The van der Waals surface area contributed by atoms with Crippen LogP contribution in [0.25, 0.3) is 11.0 Å². The molecule has 2 fully saturated rings. The SMILES string of the molecule is O=C(NCc1ccc2[nH]c(=O)[nH]c2c1)C1CC(=O)N(C2CCCC2)C1. The van der Waals surface area contributed by atoms with Crippen molar-refractivity contribution < 1.29 is 9.59 Å². The van der Waals surface area contributed by atoms with Crippen LogP contribution in [0.1, 0.15) is 37.7 Å². The predicted molar refractivity (Wildman–Crippen MR) is 92.8 cm³/mol. The van der Waals surface area contributed by atoms with Crippen molar-refractivity contribution in [2.24, 2.45) is 5.92 Å². The maximum atomic E-state index is 12.4. The Kier molecular flexibility index (Phi) is 4.07. The van der Waals surface area contributed by atoms with E-state index in [4.69, 9.17) is 0 Å². The standard InChI is InChI=1S/C18H22N4O3/c23-16-8-12(10-22(16)13-3-1-2-4-13)17(24)19-9-11-5-6-14-15(7-11)21-18(25)20-14/h5-7,12-13H,1-4,8-10H2,(H,19,24)(H2,20,21,25). The minimum absolute atomic E-state index is 0.0727. The Morgan fingerprint density at radius 1 is 1.16 bits per heavy atom. The number of rotatable bonds is 4. The molecule has 1 aromatic carbocycles. The average Bonchev–Trinajstić information content (AvgIpc) is 3.30. The zero-order chi connectivity index (χ0) is 17.4. The van der Waals surface area contributed by atoms with Gasteiger partial charge in [0, 0.05) is 25.6 Å². The number of fused-ring (bicyclic) bond motifs is 1. The van der Waals surface area contributed by atoms with Crippen LogP contribution < -0.4 is 11.0 Å². The number of aromatic amines is 2. The fourth-order valence-electron chi connectivity index (χ4n) is 4.00. The molecule has 1 unspecified atom stereocenters. The molecule has 132 valence electrons. The van der Waals surface area contributed by atoms with Crippen molar-refractivity contribution in [2.75, 3.05) is 6.54 Å². The van der Waals surface area contributed by atoms with E-state index >= 15 is 0 Å². The molecule has 2 aliphatic rings. The van der Waals surface area contributed by atoms with Gasteiger partial charge in [0.25, 0.3) is 0 Å². The molecule has 7 heteroatoms. The molecule has 1 aromatic heterocycles. The van der Waals surface area contributed by atoms with Gasteiger partial charge >= 0.3 is 5.69 Å². The van der Waals surface area contributed by atoms with Crippen molar-refractivity contribution in [3.8, 4) is 0 Å². The molecule has 1 saturated heterocycles.